The van der Waals surface area contributed by atoms with E-state index < -0.39 is 0 Å². The maximum absolute atomic E-state index is 4.02. The van der Waals surface area contributed by atoms with Crippen LogP contribution in [0.1, 0.15) is 53.4 Å². The number of piperazine rings is 1. The summed E-state index contributed by atoms with van der Waals surface area (Å²) >= 11 is 0. The molecule has 0 bridgehead atoms. The first-order valence-electron chi connectivity index (χ1n) is 8.02. The first-order chi connectivity index (χ1) is 9.15. The number of hydrogen-bond donors (Lipinski definition) is 2. The van der Waals surface area contributed by atoms with Crippen LogP contribution in [0, 0.1) is 0 Å². The summed E-state index contributed by atoms with van der Waals surface area (Å²) in [5.41, 5.74) is 1.18. The van der Waals surface area contributed by atoms with Crippen LogP contribution in [0.3, 0.4) is 0 Å². The highest BCUT2D eigenvalue weighted by Gasteiger charge is 2.15. The monoisotopic (exact) mass is 269 g/mol. The van der Waals surface area contributed by atoms with Crippen LogP contribution >= 0.6 is 0 Å². The maximum atomic E-state index is 4.02. The Labute approximate surface area is 120 Å². The van der Waals surface area contributed by atoms with Crippen LogP contribution in [-0.4, -0.2) is 43.7 Å². The van der Waals surface area contributed by atoms with Gasteiger partial charge >= 0.3 is 0 Å². The van der Waals surface area contributed by atoms with Gasteiger partial charge in [0.15, 0.2) is 0 Å². The molecule has 0 radical (unpaired) electrons. The highest BCUT2D eigenvalue weighted by molar-refractivity contribution is 4.91. The van der Waals surface area contributed by atoms with E-state index in [9.17, 15) is 0 Å². The predicted octanol–water partition coefficient (Wildman–Crippen LogP) is 2.99. The third-order valence-electron chi connectivity index (χ3n) is 3.47. The smallest absolute Gasteiger partial charge is 0.0297 e. The van der Waals surface area contributed by atoms with Gasteiger partial charge in [-0.1, -0.05) is 46.6 Å². The van der Waals surface area contributed by atoms with Crippen molar-refractivity contribution in [3.8, 4) is 0 Å². The molecule has 0 saturated carbocycles. The largest absolute Gasteiger partial charge is 0.387 e. The van der Waals surface area contributed by atoms with Gasteiger partial charge in [0.1, 0.15) is 0 Å². The Bertz CT molecular complexity index is 208. The van der Waals surface area contributed by atoms with Gasteiger partial charge < -0.3 is 10.6 Å². The molecule has 1 aliphatic heterocycles. The first kappa shape index (κ1) is 18.5. The van der Waals surface area contributed by atoms with Gasteiger partial charge in [0.25, 0.3) is 0 Å². The summed E-state index contributed by atoms with van der Waals surface area (Å²) in [5.74, 6) is 0. The molecule has 1 unspecified atom stereocenters. The molecule has 114 valence electrons. The van der Waals surface area contributed by atoms with Crippen LogP contribution in [0.4, 0.5) is 0 Å². The lowest BCUT2D eigenvalue weighted by Crippen LogP contribution is -2.50. The maximum Gasteiger partial charge on any atom is 0.0297 e. The van der Waals surface area contributed by atoms with E-state index >= 15 is 0 Å². The quantitative estimate of drug-likeness (QED) is 0.744. The van der Waals surface area contributed by atoms with Crippen molar-refractivity contribution in [3.63, 3.8) is 0 Å². The average Bonchev–Trinajstić information content (AvgIpc) is 2.46. The molecule has 1 saturated heterocycles. The van der Waals surface area contributed by atoms with Crippen molar-refractivity contribution in [2.75, 3.05) is 32.7 Å². The van der Waals surface area contributed by atoms with Gasteiger partial charge in [0.2, 0.25) is 0 Å². The van der Waals surface area contributed by atoms with Crippen molar-refractivity contribution in [1.29, 1.82) is 0 Å². The summed E-state index contributed by atoms with van der Waals surface area (Å²) in [6, 6.07) is 0.612. The molecule has 0 amide bonds. The topological polar surface area (TPSA) is 27.3 Å². The molecule has 1 aliphatic rings. The van der Waals surface area contributed by atoms with E-state index in [2.05, 4.69) is 49.8 Å². The molecule has 0 aromatic heterocycles. The Morgan fingerprint density at radius 1 is 1.16 bits per heavy atom. The standard InChI is InChI=1S/C12H25N3.C4H10/c1-4-5-11(2)14-10-12(3)15-8-6-13-7-9-15;1-3-4-2/h12-14H,2,4-10H2,1,3H3;3-4H2,1-2H3. The molecule has 1 fully saturated rings. The molecule has 2 N–H and O–H groups in total. The summed E-state index contributed by atoms with van der Waals surface area (Å²) in [4.78, 5) is 2.53. The molecule has 1 atom stereocenters. The molecule has 19 heavy (non-hydrogen) atoms. The van der Waals surface area contributed by atoms with Crippen molar-refractivity contribution in [2.24, 2.45) is 0 Å². The van der Waals surface area contributed by atoms with Crippen LogP contribution in [0.15, 0.2) is 12.3 Å². The zero-order valence-corrected chi connectivity index (χ0v) is 13.6. The summed E-state index contributed by atoms with van der Waals surface area (Å²) in [6.07, 6.45) is 4.90. The summed E-state index contributed by atoms with van der Waals surface area (Å²) in [7, 11) is 0. The van der Waals surface area contributed by atoms with Crippen molar-refractivity contribution in [2.45, 2.75) is 59.4 Å². The van der Waals surface area contributed by atoms with Crippen molar-refractivity contribution in [3.05, 3.63) is 12.3 Å². The summed E-state index contributed by atoms with van der Waals surface area (Å²) < 4.78 is 0. The normalized spacial score (nSPS) is 17.3. The van der Waals surface area contributed by atoms with Crippen LogP contribution in [0.25, 0.3) is 0 Å². The van der Waals surface area contributed by atoms with Gasteiger partial charge in [0.05, 0.1) is 0 Å². The third kappa shape index (κ3) is 9.97. The lowest BCUT2D eigenvalue weighted by Gasteiger charge is -2.33. The van der Waals surface area contributed by atoms with Gasteiger partial charge in [-0.15, -0.1) is 0 Å². The fourth-order valence-electron chi connectivity index (χ4n) is 1.93. The average molecular weight is 269 g/mol. The van der Waals surface area contributed by atoms with E-state index in [-0.39, 0.29) is 0 Å². The zero-order chi connectivity index (χ0) is 14.5. The Morgan fingerprint density at radius 2 is 1.74 bits per heavy atom. The number of nitrogens with one attached hydrogen (secondary N) is 2. The zero-order valence-electron chi connectivity index (χ0n) is 13.6. The number of allylic oxidation sites excluding steroid dienone is 1. The molecule has 0 aromatic carbocycles. The van der Waals surface area contributed by atoms with E-state index in [0.29, 0.717) is 6.04 Å². The van der Waals surface area contributed by atoms with Gasteiger partial charge in [-0.3, -0.25) is 4.90 Å². The molecular formula is C16H35N3. The molecule has 3 heteroatoms. The van der Waals surface area contributed by atoms with Crippen LogP contribution in [0.5, 0.6) is 0 Å². The summed E-state index contributed by atoms with van der Waals surface area (Å²) in [5, 5.41) is 6.80. The molecule has 3 nitrogen and oxygen atoms in total. The Kier molecular flexibility index (Phi) is 12.1. The van der Waals surface area contributed by atoms with E-state index in [1.54, 1.807) is 0 Å². The molecular weight excluding hydrogens is 234 g/mol. The molecule has 0 aliphatic carbocycles. The van der Waals surface area contributed by atoms with Crippen LogP contribution < -0.4 is 10.6 Å². The van der Waals surface area contributed by atoms with Gasteiger partial charge in [-0.05, 0) is 13.3 Å². The molecule has 0 spiro atoms. The summed E-state index contributed by atoms with van der Waals surface area (Å²) in [6.45, 7) is 18.5. The SMILES string of the molecule is C=C(CCC)NCC(C)N1CCNCC1.CCCC. The second-order valence-electron chi connectivity index (χ2n) is 5.37. The van der Waals surface area contributed by atoms with Crippen LogP contribution in [-0.2, 0) is 0 Å². The van der Waals surface area contributed by atoms with Gasteiger partial charge in [-0.2, -0.15) is 0 Å². The first-order valence-corrected chi connectivity index (χ1v) is 8.02. The van der Waals surface area contributed by atoms with E-state index in [1.807, 2.05) is 0 Å². The van der Waals surface area contributed by atoms with Crippen molar-refractivity contribution >= 4 is 0 Å². The van der Waals surface area contributed by atoms with Gasteiger partial charge in [-0.25, -0.2) is 0 Å². The minimum absolute atomic E-state index is 0.612. The number of unbranched alkanes of at least 4 members (excludes halogenated alkanes) is 1. The Hall–Kier alpha value is -0.540. The minimum atomic E-state index is 0.612. The molecule has 1 heterocycles. The molecule has 0 aromatic rings. The lowest BCUT2D eigenvalue weighted by atomic mass is 10.2. The highest BCUT2D eigenvalue weighted by atomic mass is 15.2. The second kappa shape index (κ2) is 12.5. The van der Waals surface area contributed by atoms with Crippen molar-refractivity contribution in [1.82, 2.24) is 15.5 Å². The molecule has 1 rings (SSSR count). The minimum Gasteiger partial charge on any atom is -0.387 e. The Morgan fingerprint density at radius 3 is 2.21 bits per heavy atom. The lowest BCUT2D eigenvalue weighted by molar-refractivity contribution is 0.183. The second-order valence-corrected chi connectivity index (χ2v) is 5.37. The third-order valence-corrected chi connectivity index (χ3v) is 3.47. The van der Waals surface area contributed by atoms with Crippen molar-refractivity contribution < 1.29 is 0 Å². The number of nitrogens with zero attached hydrogens (tertiary/aromatic N) is 1. The van der Waals surface area contributed by atoms with E-state index in [4.69, 9.17) is 0 Å². The number of hydrogen-bond acceptors (Lipinski definition) is 3. The van der Waals surface area contributed by atoms with E-state index in [1.165, 1.54) is 38.0 Å². The predicted molar refractivity (Wildman–Crippen MR) is 86.5 cm³/mol. The fraction of sp³-hybridized carbons (Fsp3) is 0.875. The number of rotatable bonds is 7. The van der Waals surface area contributed by atoms with E-state index in [0.717, 1.165) is 26.1 Å². The Balaban J connectivity index is 0.000000711. The highest BCUT2D eigenvalue weighted by Crippen LogP contribution is 2.02. The fourth-order valence-corrected chi connectivity index (χ4v) is 1.93. The van der Waals surface area contributed by atoms with Gasteiger partial charge in [0, 0.05) is 44.5 Å². The van der Waals surface area contributed by atoms with Crippen LogP contribution in [0.2, 0.25) is 0 Å².